The zero-order chi connectivity index (χ0) is 12.9. The Hall–Kier alpha value is -1.40. The fourth-order valence-electron chi connectivity index (χ4n) is 2.25. The van der Waals surface area contributed by atoms with Gasteiger partial charge in [0.25, 0.3) is 0 Å². The van der Waals surface area contributed by atoms with E-state index in [-0.39, 0.29) is 0 Å². The van der Waals surface area contributed by atoms with Crippen molar-refractivity contribution in [3.63, 3.8) is 0 Å². The number of nitrogens with zero attached hydrogens (tertiary/aromatic N) is 3. The Balaban J connectivity index is 2.16. The van der Waals surface area contributed by atoms with Crippen molar-refractivity contribution < 1.29 is 0 Å². The summed E-state index contributed by atoms with van der Waals surface area (Å²) in [6.07, 6.45) is 0. The van der Waals surface area contributed by atoms with Crippen LogP contribution in [-0.4, -0.2) is 19.3 Å². The minimum Gasteiger partial charge on any atom is -0.328 e. The van der Waals surface area contributed by atoms with Crippen LogP contribution in [0.2, 0.25) is 0 Å². The number of hydrogen-bond acceptors (Lipinski definition) is 3. The third-order valence-corrected chi connectivity index (χ3v) is 4.34. The molecule has 18 heavy (non-hydrogen) atoms. The predicted molar refractivity (Wildman–Crippen MR) is 76.8 cm³/mol. The summed E-state index contributed by atoms with van der Waals surface area (Å²) in [5.41, 5.74) is 3.08. The minimum absolute atomic E-state index is 0.757. The molecule has 0 aliphatic heterocycles. The van der Waals surface area contributed by atoms with E-state index in [1.54, 1.807) is 11.3 Å². The summed E-state index contributed by atoms with van der Waals surface area (Å²) >= 11 is 7.21. The molecular weight excluding hydrogens is 264 g/mol. The summed E-state index contributed by atoms with van der Waals surface area (Å²) in [6.45, 7) is 4.91. The standard InChI is InChI=1S/C12H14N4S2/c1-7-4-5-9(18-7)6-16-11-10(13-12(16)17)8(2)14-15(11)3/h4-5H,6H2,1-3H3,(H,13,17). The van der Waals surface area contributed by atoms with Crippen LogP contribution in [0.3, 0.4) is 0 Å². The van der Waals surface area contributed by atoms with Crippen LogP contribution in [0.4, 0.5) is 0 Å². The number of hydrogen-bond donors (Lipinski definition) is 1. The number of rotatable bonds is 2. The molecule has 94 valence electrons. The van der Waals surface area contributed by atoms with E-state index in [4.69, 9.17) is 12.2 Å². The first kappa shape index (κ1) is 11.7. The number of aromatic nitrogens is 4. The largest absolute Gasteiger partial charge is 0.328 e. The molecule has 0 saturated heterocycles. The molecule has 0 amide bonds. The highest BCUT2D eigenvalue weighted by atomic mass is 32.1. The molecule has 3 aromatic heterocycles. The minimum atomic E-state index is 0.757. The Labute approximate surface area is 114 Å². The average molecular weight is 278 g/mol. The monoisotopic (exact) mass is 278 g/mol. The summed E-state index contributed by atoms with van der Waals surface area (Å²) in [4.78, 5) is 5.87. The van der Waals surface area contributed by atoms with Crippen LogP contribution >= 0.6 is 23.6 Å². The summed E-state index contributed by atoms with van der Waals surface area (Å²) in [5, 5.41) is 4.42. The number of aryl methyl sites for hydroxylation is 3. The molecule has 0 aliphatic carbocycles. The normalized spacial score (nSPS) is 11.5. The van der Waals surface area contributed by atoms with E-state index >= 15 is 0 Å². The molecule has 0 atom stereocenters. The topological polar surface area (TPSA) is 38.5 Å². The lowest BCUT2D eigenvalue weighted by Crippen LogP contribution is -2.03. The van der Waals surface area contributed by atoms with Gasteiger partial charge in [0.15, 0.2) is 10.4 Å². The molecule has 0 saturated carbocycles. The molecular formula is C12H14N4S2. The molecule has 0 aromatic carbocycles. The zero-order valence-electron chi connectivity index (χ0n) is 10.5. The van der Waals surface area contributed by atoms with Crippen LogP contribution in [0.25, 0.3) is 11.2 Å². The van der Waals surface area contributed by atoms with Gasteiger partial charge < -0.3 is 4.98 Å². The van der Waals surface area contributed by atoms with Gasteiger partial charge in [0.05, 0.1) is 12.2 Å². The SMILES string of the molecule is Cc1ccc(Cn2c(=S)[nH]c3c(C)nn(C)c32)s1. The number of imidazole rings is 1. The summed E-state index contributed by atoms with van der Waals surface area (Å²) in [7, 11) is 1.95. The van der Waals surface area contributed by atoms with E-state index in [9.17, 15) is 0 Å². The molecule has 0 spiro atoms. The molecule has 6 heteroatoms. The van der Waals surface area contributed by atoms with Crippen LogP contribution in [0, 0.1) is 18.6 Å². The van der Waals surface area contributed by atoms with E-state index in [1.165, 1.54) is 9.75 Å². The molecule has 0 aliphatic rings. The number of thiophene rings is 1. The van der Waals surface area contributed by atoms with Gasteiger partial charge in [-0.05, 0) is 38.2 Å². The van der Waals surface area contributed by atoms with E-state index in [2.05, 4.69) is 33.7 Å². The van der Waals surface area contributed by atoms with E-state index in [0.29, 0.717) is 0 Å². The maximum Gasteiger partial charge on any atom is 0.179 e. The lowest BCUT2D eigenvalue weighted by molar-refractivity contribution is 0.719. The van der Waals surface area contributed by atoms with Gasteiger partial charge in [0.2, 0.25) is 0 Å². The second kappa shape index (κ2) is 4.07. The van der Waals surface area contributed by atoms with Gasteiger partial charge in [0.1, 0.15) is 5.52 Å². The predicted octanol–water partition coefficient (Wildman–Crippen LogP) is 3.16. The molecule has 0 unspecified atom stereocenters. The first-order valence-corrected chi connectivity index (χ1v) is 6.96. The van der Waals surface area contributed by atoms with Crippen LogP contribution in [0.1, 0.15) is 15.4 Å². The molecule has 0 fully saturated rings. The first-order chi connectivity index (χ1) is 8.56. The van der Waals surface area contributed by atoms with Crippen LogP contribution in [0.15, 0.2) is 12.1 Å². The van der Waals surface area contributed by atoms with Crippen LogP contribution < -0.4 is 0 Å². The Bertz CT molecular complexity index is 772. The summed E-state index contributed by atoms with van der Waals surface area (Å²) in [5.74, 6) is 0. The highest BCUT2D eigenvalue weighted by Gasteiger charge is 2.13. The maximum atomic E-state index is 5.40. The highest BCUT2D eigenvalue weighted by molar-refractivity contribution is 7.71. The fraction of sp³-hybridized carbons (Fsp3) is 0.333. The molecule has 4 nitrogen and oxygen atoms in total. The lowest BCUT2D eigenvalue weighted by atomic mass is 10.4. The smallest absolute Gasteiger partial charge is 0.179 e. The van der Waals surface area contributed by atoms with Gasteiger partial charge in [-0.15, -0.1) is 11.3 Å². The number of fused-ring (bicyclic) bond motifs is 1. The third kappa shape index (κ3) is 1.72. The highest BCUT2D eigenvalue weighted by Crippen LogP contribution is 2.21. The van der Waals surface area contributed by atoms with Crippen LogP contribution in [0.5, 0.6) is 0 Å². The van der Waals surface area contributed by atoms with Gasteiger partial charge in [-0.3, -0.25) is 9.25 Å². The Morgan fingerprint density at radius 2 is 2.17 bits per heavy atom. The van der Waals surface area contributed by atoms with Crippen molar-refractivity contribution >= 4 is 34.7 Å². The molecule has 1 N–H and O–H groups in total. The molecule has 3 aromatic rings. The second-order valence-corrected chi connectivity index (χ2v) is 6.20. The van der Waals surface area contributed by atoms with Crippen molar-refractivity contribution in [1.29, 1.82) is 0 Å². The number of H-pyrrole nitrogens is 1. The first-order valence-electron chi connectivity index (χ1n) is 5.73. The van der Waals surface area contributed by atoms with Crippen molar-refractivity contribution in [2.24, 2.45) is 7.05 Å². The van der Waals surface area contributed by atoms with Crippen molar-refractivity contribution in [3.05, 3.63) is 32.4 Å². The van der Waals surface area contributed by atoms with E-state index < -0.39 is 0 Å². The zero-order valence-corrected chi connectivity index (χ0v) is 12.2. The van der Waals surface area contributed by atoms with Gasteiger partial charge in [0, 0.05) is 16.8 Å². The Kier molecular flexibility index (Phi) is 2.64. The van der Waals surface area contributed by atoms with Gasteiger partial charge in [-0.25, -0.2) is 0 Å². The quantitative estimate of drug-likeness (QED) is 0.731. The maximum absolute atomic E-state index is 5.40. The fourth-order valence-corrected chi connectivity index (χ4v) is 3.38. The van der Waals surface area contributed by atoms with E-state index in [1.807, 2.05) is 18.7 Å². The summed E-state index contributed by atoms with van der Waals surface area (Å²) < 4.78 is 4.75. The number of nitrogens with one attached hydrogen (secondary N) is 1. The molecule has 3 heterocycles. The van der Waals surface area contributed by atoms with Crippen LogP contribution in [-0.2, 0) is 13.6 Å². The van der Waals surface area contributed by atoms with Gasteiger partial charge in [-0.2, -0.15) is 5.10 Å². The van der Waals surface area contributed by atoms with Crippen molar-refractivity contribution in [1.82, 2.24) is 19.3 Å². The van der Waals surface area contributed by atoms with Gasteiger partial charge >= 0.3 is 0 Å². The number of aromatic amines is 1. The van der Waals surface area contributed by atoms with Crippen molar-refractivity contribution in [2.45, 2.75) is 20.4 Å². The van der Waals surface area contributed by atoms with E-state index in [0.717, 1.165) is 28.2 Å². The van der Waals surface area contributed by atoms with Gasteiger partial charge in [-0.1, -0.05) is 0 Å². The van der Waals surface area contributed by atoms with Crippen molar-refractivity contribution in [2.75, 3.05) is 0 Å². The Morgan fingerprint density at radius 1 is 1.39 bits per heavy atom. The molecule has 3 rings (SSSR count). The lowest BCUT2D eigenvalue weighted by Gasteiger charge is -2.02. The Morgan fingerprint density at radius 3 is 2.83 bits per heavy atom. The molecule has 0 radical (unpaired) electrons. The van der Waals surface area contributed by atoms with Crippen molar-refractivity contribution in [3.8, 4) is 0 Å². The summed E-state index contributed by atoms with van der Waals surface area (Å²) in [6, 6.07) is 4.30. The third-order valence-electron chi connectivity index (χ3n) is 3.03. The average Bonchev–Trinajstić information content (AvgIpc) is 2.91. The second-order valence-electron chi connectivity index (χ2n) is 4.44. The molecule has 0 bridgehead atoms.